The van der Waals surface area contributed by atoms with E-state index in [9.17, 15) is 0 Å². The quantitative estimate of drug-likeness (QED) is 0.874. The van der Waals surface area contributed by atoms with Crippen molar-refractivity contribution in [1.29, 1.82) is 0 Å². The van der Waals surface area contributed by atoms with Gasteiger partial charge in [0.05, 0.1) is 5.69 Å². The van der Waals surface area contributed by atoms with Crippen molar-refractivity contribution in [2.24, 2.45) is 0 Å². The molecule has 0 radical (unpaired) electrons. The molecule has 1 N–H and O–H groups in total. The molecule has 0 bridgehead atoms. The fourth-order valence-corrected chi connectivity index (χ4v) is 1.72. The summed E-state index contributed by atoms with van der Waals surface area (Å²) in [5.41, 5.74) is 3.34. The summed E-state index contributed by atoms with van der Waals surface area (Å²) in [7, 11) is 0. The van der Waals surface area contributed by atoms with Crippen LogP contribution in [0.25, 0.3) is 0 Å². The van der Waals surface area contributed by atoms with E-state index in [-0.39, 0.29) is 0 Å². The number of pyridine rings is 1. The van der Waals surface area contributed by atoms with E-state index in [1.165, 1.54) is 0 Å². The van der Waals surface area contributed by atoms with Crippen LogP contribution in [-0.2, 0) is 6.54 Å². The smallest absolute Gasteiger partial charge is 0.0532 e. The van der Waals surface area contributed by atoms with Gasteiger partial charge in [0.2, 0.25) is 0 Å². The molecule has 0 saturated carbocycles. The largest absolute Gasteiger partial charge is 0.380 e. The van der Waals surface area contributed by atoms with Crippen molar-refractivity contribution in [3.63, 3.8) is 0 Å². The lowest BCUT2D eigenvalue weighted by Gasteiger charge is -2.06. The number of hydrogen-bond donors (Lipinski definition) is 1. The lowest BCUT2D eigenvalue weighted by Crippen LogP contribution is -1.99. The van der Waals surface area contributed by atoms with Gasteiger partial charge in [-0.05, 0) is 36.2 Å². The predicted octanol–water partition coefficient (Wildman–Crippen LogP) is 3.66. The maximum absolute atomic E-state index is 5.91. The molecule has 2 nitrogen and oxygen atoms in total. The minimum atomic E-state index is 0.756. The zero-order valence-corrected chi connectivity index (χ0v) is 9.83. The number of aryl methyl sites for hydroxylation is 1. The molecule has 2 aromatic rings. The number of hydrogen-bond acceptors (Lipinski definition) is 2. The number of anilines is 1. The van der Waals surface area contributed by atoms with Crippen molar-refractivity contribution >= 4 is 17.3 Å². The van der Waals surface area contributed by atoms with Gasteiger partial charge in [-0.1, -0.05) is 23.7 Å². The van der Waals surface area contributed by atoms with E-state index in [1.807, 2.05) is 43.6 Å². The summed E-state index contributed by atoms with van der Waals surface area (Å²) >= 11 is 5.91. The van der Waals surface area contributed by atoms with E-state index in [4.69, 9.17) is 11.6 Å². The molecule has 0 atom stereocenters. The second-order valence-corrected chi connectivity index (χ2v) is 4.17. The van der Waals surface area contributed by atoms with Gasteiger partial charge in [0.1, 0.15) is 0 Å². The molecule has 0 saturated heterocycles. The lowest BCUT2D eigenvalue weighted by molar-refractivity contribution is 1.13. The van der Waals surface area contributed by atoms with Gasteiger partial charge in [0.25, 0.3) is 0 Å². The van der Waals surface area contributed by atoms with E-state index < -0.39 is 0 Å². The van der Waals surface area contributed by atoms with Crippen LogP contribution in [0.3, 0.4) is 0 Å². The SMILES string of the molecule is Cc1cncc(NCc2cccc(Cl)c2)c1. The Bertz CT molecular complexity index is 437. The van der Waals surface area contributed by atoms with Crippen LogP contribution in [-0.4, -0.2) is 4.98 Å². The van der Waals surface area contributed by atoms with Crippen molar-refractivity contribution in [3.8, 4) is 0 Å². The standard InChI is InChI=1S/C13H13ClN2/c1-10-5-13(9-15-7-10)16-8-11-3-2-4-12(14)6-11/h2-7,9,16H,8H2,1H3. The van der Waals surface area contributed by atoms with Crippen molar-refractivity contribution < 1.29 is 0 Å². The molecule has 0 amide bonds. The highest BCUT2D eigenvalue weighted by Crippen LogP contribution is 2.13. The molecule has 0 spiro atoms. The molecular formula is C13H13ClN2. The number of nitrogens with one attached hydrogen (secondary N) is 1. The summed E-state index contributed by atoms with van der Waals surface area (Å²) in [6.45, 7) is 2.78. The third kappa shape index (κ3) is 2.97. The van der Waals surface area contributed by atoms with Gasteiger partial charge in [0, 0.05) is 24.0 Å². The lowest BCUT2D eigenvalue weighted by atomic mass is 10.2. The maximum atomic E-state index is 5.91. The fourth-order valence-electron chi connectivity index (χ4n) is 1.50. The van der Waals surface area contributed by atoms with Crippen LogP contribution in [0, 0.1) is 6.92 Å². The minimum absolute atomic E-state index is 0.756. The third-order valence-electron chi connectivity index (χ3n) is 2.26. The molecule has 1 heterocycles. The van der Waals surface area contributed by atoms with Gasteiger partial charge in [0.15, 0.2) is 0 Å². The highest BCUT2D eigenvalue weighted by Gasteiger charge is 1.95. The first-order valence-electron chi connectivity index (χ1n) is 5.14. The first kappa shape index (κ1) is 11.0. The second-order valence-electron chi connectivity index (χ2n) is 3.73. The zero-order chi connectivity index (χ0) is 11.4. The molecule has 0 unspecified atom stereocenters. The monoisotopic (exact) mass is 232 g/mol. The summed E-state index contributed by atoms with van der Waals surface area (Å²) in [5.74, 6) is 0. The van der Waals surface area contributed by atoms with Crippen molar-refractivity contribution in [1.82, 2.24) is 4.98 Å². The van der Waals surface area contributed by atoms with Crippen molar-refractivity contribution in [3.05, 3.63) is 58.9 Å². The normalized spacial score (nSPS) is 10.1. The molecule has 0 aliphatic carbocycles. The van der Waals surface area contributed by atoms with Gasteiger partial charge >= 0.3 is 0 Å². The van der Waals surface area contributed by atoms with Crippen LogP contribution in [0.2, 0.25) is 5.02 Å². The summed E-state index contributed by atoms with van der Waals surface area (Å²) in [4.78, 5) is 4.13. The molecule has 0 aliphatic heterocycles. The van der Waals surface area contributed by atoms with E-state index >= 15 is 0 Å². The van der Waals surface area contributed by atoms with Gasteiger partial charge in [-0.2, -0.15) is 0 Å². The molecule has 1 aromatic heterocycles. The van der Waals surface area contributed by atoms with Crippen LogP contribution >= 0.6 is 11.6 Å². The van der Waals surface area contributed by atoms with Crippen LogP contribution < -0.4 is 5.32 Å². The number of nitrogens with zero attached hydrogens (tertiary/aromatic N) is 1. The van der Waals surface area contributed by atoms with Gasteiger partial charge in [-0.15, -0.1) is 0 Å². The van der Waals surface area contributed by atoms with E-state index in [0.29, 0.717) is 0 Å². The Hall–Kier alpha value is -1.54. The van der Waals surface area contributed by atoms with Gasteiger partial charge < -0.3 is 5.32 Å². The minimum Gasteiger partial charge on any atom is -0.380 e. The number of benzene rings is 1. The topological polar surface area (TPSA) is 24.9 Å². The number of aromatic nitrogens is 1. The van der Waals surface area contributed by atoms with Crippen LogP contribution in [0.15, 0.2) is 42.7 Å². The maximum Gasteiger partial charge on any atom is 0.0532 e. The highest BCUT2D eigenvalue weighted by molar-refractivity contribution is 6.30. The molecular weight excluding hydrogens is 220 g/mol. The van der Waals surface area contributed by atoms with Gasteiger partial charge in [-0.25, -0.2) is 0 Å². The van der Waals surface area contributed by atoms with Crippen molar-refractivity contribution in [2.45, 2.75) is 13.5 Å². The summed E-state index contributed by atoms with van der Waals surface area (Å²) in [5, 5.41) is 4.07. The van der Waals surface area contributed by atoms with E-state index in [1.54, 1.807) is 0 Å². The summed E-state index contributed by atoms with van der Waals surface area (Å²) in [6.07, 6.45) is 3.65. The Morgan fingerprint density at radius 2 is 2.12 bits per heavy atom. The van der Waals surface area contributed by atoms with Crippen LogP contribution in [0.4, 0.5) is 5.69 Å². The zero-order valence-electron chi connectivity index (χ0n) is 9.07. The van der Waals surface area contributed by atoms with Crippen molar-refractivity contribution in [2.75, 3.05) is 5.32 Å². The summed E-state index contributed by atoms with van der Waals surface area (Å²) < 4.78 is 0. The molecule has 16 heavy (non-hydrogen) atoms. The average Bonchev–Trinajstić information content (AvgIpc) is 2.27. The Morgan fingerprint density at radius 1 is 1.25 bits per heavy atom. The molecule has 82 valence electrons. The molecule has 2 rings (SSSR count). The second kappa shape index (κ2) is 4.99. The molecule has 1 aromatic carbocycles. The first-order chi connectivity index (χ1) is 7.74. The number of halogens is 1. The molecule has 3 heteroatoms. The summed E-state index contributed by atoms with van der Waals surface area (Å²) in [6, 6.07) is 9.89. The van der Waals surface area contributed by atoms with Crippen LogP contribution in [0.5, 0.6) is 0 Å². The first-order valence-corrected chi connectivity index (χ1v) is 5.52. The average molecular weight is 233 g/mol. The van der Waals surface area contributed by atoms with Gasteiger partial charge in [-0.3, -0.25) is 4.98 Å². The Kier molecular flexibility index (Phi) is 3.42. The Labute approximate surface area is 100 Å². The number of rotatable bonds is 3. The van der Waals surface area contributed by atoms with E-state index in [2.05, 4.69) is 16.4 Å². The fraction of sp³-hybridized carbons (Fsp3) is 0.154. The highest BCUT2D eigenvalue weighted by atomic mass is 35.5. The molecule has 0 fully saturated rings. The predicted molar refractivity (Wildman–Crippen MR) is 67.8 cm³/mol. The Balaban J connectivity index is 2.02. The molecule has 0 aliphatic rings. The Morgan fingerprint density at radius 3 is 2.88 bits per heavy atom. The third-order valence-corrected chi connectivity index (χ3v) is 2.50. The van der Waals surface area contributed by atoms with E-state index in [0.717, 1.165) is 28.4 Å². The van der Waals surface area contributed by atoms with Crippen LogP contribution in [0.1, 0.15) is 11.1 Å².